The van der Waals surface area contributed by atoms with Crippen molar-refractivity contribution in [3.8, 4) is 0 Å². The third-order valence-corrected chi connectivity index (χ3v) is 2.96. The van der Waals surface area contributed by atoms with E-state index in [0.29, 0.717) is 17.3 Å². The first kappa shape index (κ1) is 13.4. The molecule has 0 fully saturated rings. The van der Waals surface area contributed by atoms with Gasteiger partial charge in [0.15, 0.2) is 0 Å². The van der Waals surface area contributed by atoms with Crippen molar-refractivity contribution >= 4 is 29.3 Å². The first-order valence-electron chi connectivity index (χ1n) is 5.28. The second kappa shape index (κ2) is 6.20. The Kier molecular flexibility index (Phi) is 4.90. The lowest BCUT2D eigenvalue weighted by Crippen LogP contribution is -2.26. The SMILES string of the molecule is CC(C)CNC(=O)c1ccc(C=CC(=O)O)s1. The van der Waals surface area contributed by atoms with Crippen molar-refractivity contribution in [2.75, 3.05) is 6.54 Å². The minimum Gasteiger partial charge on any atom is -0.478 e. The van der Waals surface area contributed by atoms with Crippen molar-refractivity contribution in [1.82, 2.24) is 5.32 Å². The van der Waals surface area contributed by atoms with Gasteiger partial charge in [-0.15, -0.1) is 11.3 Å². The molecule has 0 aliphatic heterocycles. The van der Waals surface area contributed by atoms with E-state index in [1.807, 2.05) is 13.8 Å². The fourth-order valence-electron chi connectivity index (χ4n) is 1.10. The van der Waals surface area contributed by atoms with Gasteiger partial charge in [-0.05, 0) is 24.1 Å². The van der Waals surface area contributed by atoms with Crippen molar-refractivity contribution in [2.24, 2.45) is 5.92 Å². The van der Waals surface area contributed by atoms with Gasteiger partial charge in [0.25, 0.3) is 5.91 Å². The van der Waals surface area contributed by atoms with E-state index in [4.69, 9.17) is 5.11 Å². The first-order valence-corrected chi connectivity index (χ1v) is 6.09. The van der Waals surface area contributed by atoms with Crippen LogP contribution in [0.5, 0.6) is 0 Å². The van der Waals surface area contributed by atoms with Gasteiger partial charge >= 0.3 is 5.97 Å². The molecule has 5 heteroatoms. The zero-order valence-corrected chi connectivity index (χ0v) is 10.6. The lowest BCUT2D eigenvalue weighted by Gasteiger charge is -2.05. The summed E-state index contributed by atoms with van der Waals surface area (Å²) in [5.74, 6) is -0.701. The molecule has 1 aromatic heterocycles. The van der Waals surface area contributed by atoms with Gasteiger partial charge in [-0.25, -0.2) is 4.79 Å². The number of aliphatic carboxylic acids is 1. The zero-order valence-electron chi connectivity index (χ0n) is 9.77. The summed E-state index contributed by atoms with van der Waals surface area (Å²) < 4.78 is 0. The molecule has 0 saturated heterocycles. The molecule has 1 rings (SSSR count). The summed E-state index contributed by atoms with van der Waals surface area (Å²) >= 11 is 1.27. The number of carboxylic acids is 1. The highest BCUT2D eigenvalue weighted by Gasteiger charge is 2.08. The Hall–Kier alpha value is -1.62. The number of carbonyl (C=O) groups is 2. The van der Waals surface area contributed by atoms with Crippen LogP contribution < -0.4 is 5.32 Å². The number of thiophene rings is 1. The number of rotatable bonds is 5. The van der Waals surface area contributed by atoms with E-state index in [1.165, 1.54) is 17.4 Å². The normalized spacial score (nSPS) is 11.0. The lowest BCUT2D eigenvalue weighted by atomic mass is 10.2. The van der Waals surface area contributed by atoms with Crippen molar-refractivity contribution < 1.29 is 14.7 Å². The number of amides is 1. The molecule has 0 aromatic carbocycles. The molecular weight excluding hydrogens is 238 g/mol. The average molecular weight is 253 g/mol. The molecule has 17 heavy (non-hydrogen) atoms. The first-order chi connectivity index (χ1) is 7.99. The summed E-state index contributed by atoms with van der Waals surface area (Å²) in [6, 6.07) is 3.43. The van der Waals surface area contributed by atoms with Crippen LogP contribution in [0.15, 0.2) is 18.2 Å². The number of hydrogen-bond donors (Lipinski definition) is 2. The number of nitrogens with one attached hydrogen (secondary N) is 1. The third kappa shape index (κ3) is 4.82. The number of carboxylic acid groups (broad SMARTS) is 1. The Morgan fingerprint density at radius 1 is 1.47 bits per heavy atom. The van der Waals surface area contributed by atoms with Crippen LogP contribution in [0, 0.1) is 5.92 Å². The topological polar surface area (TPSA) is 66.4 Å². The maximum absolute atomic E-state index is 11.7. The maximum atomic E-state index is 11.7. The van der Waals surface area contributed by atoms with Crippen LogP contribution in [0.3, 0.4) is 0 Å². The Morgan fingerprint density at radius 2 is 2.18 bits per heavy atom. The molecule has 0 unspecified atom stereocenters. The van der Waals surface area contributed by atoms with Gasteiger partial charge in [0, 0.05) is 17.5 Å². The van der Waals surface area contributed by atoms with E-state index in [9.17, 15) is 9.59 Å². The van der Waals surface area contributed by atoms with Crippen LogP contribution in [0.4, 0.5) is 0 Å². The summed E-state index contributed by atoms with van der Waals surface area (Å²) in [7, 11) is 0. The van der Waals surface area contributed by atoms with Gasteiger partial charge in [0.1, 0.15) is 0 Å². The van der Waals surface area contributed by atoms with E-state index in [-0.39, 0.29) is 5.91 Å². The molecule has 0 radical (unpaired) electrons. The predicted octanol–water partition coefficient (Wildman–Crippen LogP) is 2.23. The van der Waals surface area contributed by atoms with E-state index >= 15 is 0 Å². The highest BCUT2D eigenvalue weighted by atomic mass is 32.1. The molecular formula is C12H15NO3S. The number of hydrogen-bond acceptors (Lipinski definition) is 3. The molecule has 1 heterocycles. The van der Waals surface area contributed by atoms with Gasteiger partial charge in [0.2, 0.25) is 0 Å². The largest absolute Gasteiger partial charge is 0.478 e. The molecule has 1 aromatic rings. The van der Waals surface area contributed by atoms with E-state index < -0.39 is 5.97 Å². The fraction of sp³-hybridized carbons (Fsp3) is 0.333. The minimum atomic E-state index is -0.996. The molecule has 0 bridgehead atoms. The Labute approximate surface area is 104 Å². The van der Waals surface area contributed by atoms with E-state index in [0.717, 1.165) is 11.0 Å². The van der Waals surface area contributed by atoms with Crippen LogP contribution in [-0.4, -0.2) is 23.5 Å². The van der Waals surface area contributed by atoms with Gasteiger partial charge in [-0.3, -0.25) is 4.79 Å². The maximum Gasteiger partial charge on any atom is 0.328 e. The van der Waals surface area contributed by atoms with Gasteiger partial charge < -0.3 is 10.4 Å². The number of carbonyl (C=O) groups excluding carboxylic acids is 1. The Bertz CT molecular complexity index is 435. The Morgan fingerprint density at radius 3 is 2.76 bits per heavy atom. The highest BCUT2D eigenvalue weighted by molar-refractivity contribution is 7.14. The third-order valence-electron chi connectivity index (χ3n) is 1.91. The van der Waals surface area contributed by atoms with Crippen molar-refractivity contribution in [1.29, 1.82) is 0 Å². The standard InChI is InChI=1S/C12H15NO3S/c1-8(2)7-13-12(16)10-5-3-9(17-10)4-6-11(14)15/h3-6,8H,7H2,1-2H3,(H,13,16)(H,14,15). The van der Waals surface area contributed by atoms with Crippen molar-refractivity contribution in [3.05, 3.63) is 28.0 Å². The molecule has 1 amide bonds. The Balaban J connectivity index is 2.61. The second-order valence-corrected chi connectivity index (χ2v) is 5.09. The molecule has 0 aliphatic carbocycles. The van der Waals surface area contributed by atoms with Crippen LogP contribution in [0.25, 0.3) is 6.08 Å². The average Bonchev–Trinajstić information content (AvgIpc) is 2.71. The predicted molar refractivity (Wildman–Crippen MR) is 68.2 cm³/mol. The zero-order chi connectivity index (χ0) is 12.8. The van der Waals surface area contributed by atoms with E-state index in [2.05, 4.69) is 5.32 Å². The van der Waals surface area contributed by atoms with E-state index in [1.54, 1.807) is 12.1 Å². The lowest BCUT2D eigenvalue weighted by molar-refractivity contribution is -0.131. The molecule has 92 valence electrons. The summed E-state index contributed by atoms with van der Waals surface area (Å²) in [5, 5.41) is 11.3. The second-order valence-electron chi connectivity index (χ2n) is 3.98. The fourth-order valence-corrected chi connectivity index (χ4v) is 1.93. The van der Waals surface area contributed by atoms with Crippen molar-refractivity contribution in [3.63, 3.8) is 0 Å². The van der Waals surface area contributed by atoms with Crippen LogP contribution >= 0.6 is 11.3 Å². The highest BCUT2D eigenvalue weighted by Crippen LogP contribution is 2.17. The quantitative estimate of drug-likeness (QED) is 0.791. The van der Waals surface area contributed by atoms with Gasteiger partial charge in [0.05, 0.1) is 4.88 Å². The monoisotopic (exact) mass is 253 g/mol. The van der Waals surface area contributed by atoms with Crippen LogP contribution in [0.2, 0.25) is 0 Å². The minimum absolute atomic E-state index is 0.112. The summed E-state index contributed by atoms with van der Waals surface area (Å²) in [6.45, 7) is 4.68. The molecule has 4 nitrogen and oxygen atoms in total. The molecule has 0 aliphatic rings. The van der Waals surface area contributed by atoms with Crippen molar-refractivity contribution in [2.45, 2.75) is 13.8 Å². The summed E-state index contributed by atoms with van der Waals surface area (Å²) in [5.41, 5.74) is 0. The molecule has 2 N–H and O–H groups in total. The smallest absolute Gasteiger partial charge is 0.328 e. The summed E-state index contributed by atoms with van der Waals surface area (Å²) in [4.78, 5) is 23.3. The molecule has 0 spiro atoms. The van der Waals surface area contributed by atoms with Crippen LogP contribution in [-0.2, 0) is 4.79 Å². The summed E-state index contributed by atoms with van der Waals surface area (Å²) in [6.07, 6.45) is 2.54. The van der Waals surface area contributed by atoms with Gasteiger partial charge in [-0.1, -0.05) is 13.8 Å². The molecule has 0 atom stereocenters. The van der Waals surface area contributed by atoms with Crippen LogP contribution in [0.1, 0.15) is 28.4 Å². The molecule has 0 saturated carbocycles. The van der Waals surface area contributed by atoms with Gasteiger partial charge in [-0.2, -0.15) is 0 Å².